The molecule has 0 bridgehead atoms. The molecular weight excluding hydrogens is 364 g/mol. The van der Waals surface area contributed by atoms with Gasteiger partial charge >= 0.3 is 6.03 Å². The van der Waals surface area contributed by atoms with Crippen LogP contribution >= 0.6 is 0 Å². The fraction of sp³-hybridized carbons (Fsp3) is 0.312. The number of ether oxygens (including phenoxy) is 2. The van der Waals surface area contributed by atoms with Crippen LogP contribution < -0.4 is 19.5 Å². The quantitative estimate of drug-likeness (QED) is 0.695. The molecule has 2 amide bonds. The largest absolute Gasteiger partial charge is 0.497 e. The highest BCUT2D eigenvalue weighted by Crippen LogP contribution is 2.29. The normalized spacial score (nSPS) is 11.7. The van der Waals surface area contributed by atoms with Gasteiger partial charge in [-0.1, -0.05) is 0 Å². The number of furan rings is 1. The summed E-state index contributed by atoms with van der Waals surface area (Å²) in [6.07, 6.45) is 1.11. The number of urea groups is 1. The molecule has 0 fully saturated rings. The van der Waals surface area contributed by atoms with E-state index in [-0.39, 0.29) is 11.3 Å². The molecule has 0 saturated carbocycles. The molecule has 1 aromatic heterocycles. The Kier molecular flexibility index (Phi) is 5.47. The minimum absolute atomic E-state index is 0.219. The average molecular weight is 384 g/mol. The molecule has 2 aromatic rings. The molecule has 9 nitrogen and oxygen atoms in total. The monoisotopic (exact) mass is 384 g/mol. The fourth-order valence-corrected chi connectivity index (χ4v) is 2.86. The van der Waals surface area contributed by atoms with Gasteiger partial charge in [0.15, 0.2) is 0 Å². The predicted octanol–water partition coefficient (Wildman–Crippen LogP) is 2.03. The van der Waals surface area contributed by atoms with Gasteiger partial charge in [0.2, 0.25) is 5.09 Å². The predicted molar refractivity (Wildman–Crippen MR) is 92.8 cm³/mol. The standard InChI is InChI=1S/C16H20N2O7S/c1-16(2,20)10-7-14(25-9-10)26(21,22)18-15(19)17-12-8-11(23-3)5-6-13(12)24-4/h5-9,20H,1-4H3,(H2,17,18,19). The summed E-state index contributed by atoms with van der Waals surface area (Å²) in [5.74, 6) is 0.769. The number of carbonyl (C=O) groups excluding carboxylic acids is 1. The zero-order chi connectivity index (χ0) is 19.5. The first-order chi connectivity index (χ1) is 12.1. The van der Waals surface area contributed by atoms with Gasteiger partial charge in [0.05, 0.1) is 31.8 Å². The molecule has 1 aromatic carbocycles. The number of nitrogens with one attached hydrogen (secondary N) is 2. The summed E-state index contributed by atoms with van der Waals surface area (Å²) in [6, 6.07) is 4.79. The number of amides is 2. The van der Waals surface area contributed by atoms with Crippen molar-refractivity contribution in [2.45, 2.75) is 24.5 Å². The van der Waals surface area contributed by atoms with E-state index in [1.807, 2.05) is 4.72 Å². The van der Waals surface area contributed by atoms with Gasteiger partial charge in [-0.2, -0.15) is 8.42 Å². The van der Waals surface area contributed by atoms with Crippen LogP contribution in [0.5, 0.6) is 11.5 Å². The molecule has 0 aliphatic heterocycles. The molecule has 1 heterocycles. The lowest BCUT2D eigenvalue weighted by Gasteiger charge is -2.13. The van der Waals surface area contributed by atoms with Gasteiger partial charge in [-0.05, 0) is 26.0 Å². The van der Waals surface area contributed by atoms with Crippen LogP contribution in [-0.4, -0.2) is 33.8 Å². The van der Waals surface area contributed by atoms with Crippen LogP contribution in [-0.2, 0) is 15.6 Å². The van der Waals surface area contributed by atoms with E-state index in [2.05, 4.69) is 5.32 Å². The number of benzene rings is 1. The van der Waals surface area contributed by atoms with Gasteiger partial charge in [0, 0.05) is 17.7 Å². The Morgan fingerprint density at radius 2 is 1.88 bits per heavy atom. The van der Waals surface area contributed by atoms with Crippen molar-refractivity contribution in [1.82, 2.24) is 4.72 Å². The third kappa shape index (κ3) is 4.46. The Morgan fingerprint density at radius 1 is 1.19 bits per heavy atom. The highest BCUT2D eigenvalue weighted by atomic mass is 32.2. The summed E-state index contributed by atoms with van der Waals surface area (Å²) >= 11 is 0. The highest BCUT2D eigenvalue weighted by molar-refractivity contribution is 7.89. The first-order valence-corrected chi connectivity index (χ1v) is 8.92. The molecule has 26 heavy (non-hydrogen) atoms. The van der Waals surface area contributed by atoms with Crippen molar-refractivity contribution < 1.29 is 32.2 Å². The second kappa shape index (κ2) is 7.26. The number of methoxy groups -OCH3 is 2. The summed E-state index contributed by atoms with van der Waals surface area (Å²) in [5.41, 5.74) is -0.808. The molecule has 0 radical (unpaired) electrons. The van der Waals surface area contributed by atoms with Gasteiger partial charge in [-0.25, -0.2) is 9.52 Å². The molecule has 0 aliphatic carbocycles. The van der Waals surface area contributed by atoms with E-state index in [1.54, 1.807) is 12.1 Å². The van der Waals surface area contributed by atoms with Gasteiger partial charge in [0.1, 0.15) is 11.5 Å². The maximum absolute atomic E-state index is 12.2. The number of carbonyl (C=O) groups is 1. The molecule has 0 atom stereocenters. The molecule has 3 N–H and O–H groups in total. The van der Waals surface area contributed by atoms with E-state index >= 15 is 0 Å². The molecule has 0 aliphatic rings. The van der Waals surface area contributed by atoms with Crippen molar-refractivity contribution in [2.75, 3.05) is 19.5 Å². The van der Waals surface area contributed by atoms with Gasteiger partial charge in [-0.3, -0.25) is 0 Å². The van der Waals surface area contributed by atoms with E-state index in [0.29, 0.717) is 11.5 Å². The van der Waals surface area contributed by atoms with Crippen LogP contribution in [0.2, 0.25) is 0 Å². The number of anilines is 1. The Labute approximate surface area is 151 Å². The molecule has 0 saturated heterocycles. The van der Waals surface area contributed by atoms with E-state index in [9.17, 15) is 18.3 Å². The minimum atomic E-state index is -4.27. The van der Waals surface area contributed by atoms with Crippen LogP contribution in [0.3, 0.4) is 0 Å². The zero-order valence-electron chi connectivity index (χ0n) is 14.7. The third-order valence-electron chi connectivity index (χ3n) is 3.43. The number of rotatable bonds is 6. The summed E-state index contributed by atoms with van der Waals surface area (Å²) in [6.45, 7) is 2.95. The van der Waals surface area contributed by atoms with Crippen LogP contribution in [0.4, 0.5) is 10.5 Å². The van der Waals surface area contributed by atoms with Gasteiger partial charge in [-0.15, -0.1) is 0 Å². The van der Waals surface area contributed by atoms with Crippen molar-refractivity contribution in [2.24, 2.45) is 0 Å². The number of hydrogen-bond acceptors (Lipinski definition) is 7. The third-order valence-corrected chi connectivity index (χ3v) is 4.63. The topological polar surface area (TPSA) is 127 Å². The Morgan fingerprint density at radius 3 is 2.42 bits per heavy atom. The van der Waals surface area contributed by atoms with Crippen LogP contribution in [0.15, 0.2) is 40.0 Å². The number of hydrogen-bond donors (Lipinski definition) is 3. The maximum Gasteiger partial charge on any atom is 0.333 e. The summed E-state index contributed by atoms with van der Waals surface area (Å²) in [5, 5.41) is 11.7. The van der Waals surface area contributed by atoms with Crippen molar-refractivity contribution in [3.05, 3.63) is 36.1 Å². The summed E-state index contributed by atoms with van der Waals surface area (Å²) in [4.78, 5) is 12.1. The van der Waals surface area contributed by atoms with Crippen molar-refractivity contribution in [3.8, 4) is 11.5 Å². The van der Waals surface area contributed by atoms with Crippen LogP contribution in [0, 0.1) is 0 Å². The van der Waals surface area contributed by atoms with E-state index in [0.717, 1.165) is 12.3 Å². The second-order valence-corrected chi connectivity index (χ2v) is 7.45. The van der Waals surface area contributed by atoms with Crippen molar-refractivity contribution >= 4 is 21.7 Å². The van der Waals surface area contributed by atoms with Gasteiger partial charge < -0.3 is 24.3 Å². The smallest absolute Gasteiger partial charge is 0.333 e. The molecule has 2 rings (SSSR count). The Bertz CT molecular complexity index is 898. The lowest BCUT2D eigenvalue weighted by atomic mass is 10.0. The summed E-state index contributed by atoms with van der Waals surface area (Å²) < 4.78 is 41.4. The lowest BCUT2D eigenvalue weighted by molar-refractivity contribution is 0.0779. The SMILES string of the molecule is COc1ccc(OC)c(NC(=O)NS(=O)(=O)c2cc(C(C)(C)O)co2)c1. The lowest BCUT2D eigenvalue weighted by Crippen LogP contribution is -2.34. The minimum Gasteiger partial charge on any atom is -0.497 e. The first kappa shape index (κ1) is 19.6. The molecule has 10 heteroatoms. The summed E-state index contributed by atoms with van der Waals surface area (Å²) in [7, 11) is -1.41. The molecule has 0 unspecified atom stereocenters. The second-order valence-electron chi connectivity index (χ2n) is 5.84. The highest BCUT2D eigenvalue weighted by Gasteiger charge is 2.26. The maximum atomic E-state index is 12.2. The fourth-order valence-electron chi connectivity index (χ4n) is 2.01. The van der Waals surface area contributed by atoms with Gasteiger partial charge in [0.25, 0.3) is 10.0 Å². The first-order valence-electron chi connectivity index (χ1n) is 7.44. The van der Waals surface area contributed by atoms with E-state index in [1.165, 1.54) is 34.1 Å². The number of sulfonamides is 1. The van der Waals surface area contributed by atoms with E-state index in [4.69, 9.17) is 13.9 Å². The number of aliphatic hydroxyl groups is 1. The zero-order valence-corrected chi connectivity index (χ0v) is 15.5. The van der Waals surface area contributed by atoms with Crippen molar-refractivity contribution in [3.63, 3.8) is 0 Å². The van der Waals surface area contributed by atoms with Crippen LogP contribution in [0.1, 0.15) is 19.4 Å². The molecule has 142 valence electrons. The van der Waals surface area contributed by atoms with E-state index < -0.39 is 26.7 Å². The Balaban J connectivity index is 2.18. The Hall–Kier alpha value is -2.72. The molecular formula is C16H20N2O7S. The average Bonchev–Trinajstić information content (AvgIpc) is 3.05. The van der Waals surface area contributed by atoms with Crippen molar-refractivity contribution in [1.29, 1.82) is 0 Å². The van der Waals surface area contributed by atoms with Crippen LogP contribution in [0.25, 0.3) is 0 Å². The molecule has 0 spiro atoms.